The predicted molar refractivity (Wildman–Crippen MR) is 102 cm³/mol. The maximum absolute atomic E-state index is 11.9. The van der Waals surface area contributed by atoms with E-state index in [2.05, 4.69) is 22.8 Å². The molecule has 0 saturated carbocycles. The van der Waals surface area contributed by atoms with Crippen molar-refractivity contribution in [1.82, 2.24) is 5.32 Å². The number of rotatable bonds is 8. The van der Waals surface area contributed by atoms with Crippen LogP contribution in [0.4, 0.5) is 10.5 Å². The van der Waals surface area contributed by atoms with Crippen LogP contribution in [0.2, 0.25) is 0 Å². The second-order valence-corrected chi connectivity index (χ2v) is 6.33. The van der Waals surface area contributed by atoms with Gasteiger partial charge in [0.2, 0.25) is 0 Å². The fourth-order valence-electron chi connectivity index (χ4n) is 2.11. The number of amides is 2. The molecule has 0 heterocycles. The molecule has 0 atom stereocenters. The van der Waals surface area contributed by atoms with E-state index in [9.17, 15) is 9.59 Å². The van der Waals surface area contributed by atoms with Gasteiger partial charge in [-0.1, -0.05) is 36.4 Å². The third-order valence-corrected chi connectivity index (χ3v) is 4.31. The first-order valence-electron chi connectivity index (χ1n) is 8.12. The van der Waals surface area contributed by atoms with E-state index >= 15 is 0 Å². The molecule has 2 aromatic rings. The number of benzene rings is 2. The van der Waals surface area contributed by atoms with Gasteiger partial charge < -0.3 is 15.4 Å². The summed E-state index contributed by atoms with van der Waals surface area (Å²) >= 11 is 1.76. The van der Waals surface area contributed by atoms with Crippen molar-refractivity contribution in [2.45, 2.75) is 12.7 Å². The lowest BCUT2D eigenvalue weighted by molar-refractivity contribution is 0.0526. The van der Waals surface area contributed by atoms with Crippen LogP contribution < -0.4 is 10.6 Å². The molecule has 2 amide bonds. The van der Waals surface area contributed by atoms with Crippen LogP contribution in [0, 0.1) is 0 Å². The average molecular weight is 358 g/mol. The van der Waals surface area contributed by atoms with Gasteiger partial charge in [0.05, 0.1) is 12.2 Å². The fourth-order valence-corrected chi connectivity index (χ4v) is 2.93. The minimum absolute atomic E-state index is 0.290. The molecule has 2 aromatic carbocycles. The standard InChI is InChI=1S/C19H22N2O3S/c1-2-24-18(22)16-9-6-10-17(13-16)21-19(23)20-11-12-25-14-15-7-4-3-5-8-15/h3-10,13H,2,11-12,14H2,1H3,(H2,20,21,23). The molecule has 0 radical (unpaired) electrons. The Morgan fingerprint density at radius 3 is 2.64 bits per heavy atom. The van der Waals surface area contributed by atoms with Gasteiger partial charge in [-0.25, -0.2) is 9.59 Å². The number of carbonyl (C=O) groups is 2. The van der Waals surface area contributed by atoms with Crippen LogP contribution in [0.25, 0.3) is 0 Å². The summed E-state index contributed by atoms with van der Waals surface area (Å²) in [6, 6.07) is 16.6. The van der Waals surface area contributed by atoms with Gasteiger partial charge in [0.25, 0.3) is 0 Å². The maximum Gasteiger partial charge on any atom is 0.338 e. The lowest BCUT2D eigenvalue weighted by atomic mass is 10.2. The van der Waals surface area contributed by atoms with E-state index in [1.165, 1.54) is 5.56 Å². The first kappa shape index (κ1) is 18.9. The first-order valence-corrected chi connectivity index (χ1v) is 9.28. The molecule has 2 rings (SSSR count). The highest BCUT2D eigenvalue weighted by molar-refractivity contribution is 7.98. The maximum atomic E-state index is 11.9. The lowest BCUT2D eigenvalue weighted by Gasteiger charge is -2.09. The summed E-state index contributed by atoms with van der Waals surface area (Å²) in [6.45, 7) is 2.64. The third kappa shape index (κ3) is 6.89. The monoisotopic (exact) mass is 358 g/mol. The summed E-state index contributed by atoms with van der Waals surface area (Å²) in [5, 5.41) is 5.53. The van der Waals surface area contributed by atoms with Gasteiger partial charge in [-0.2, -0.15) is 11.8 Å². The zero-order valence-electron chi connectivity index (χ0n) is 14.2. The minimum atomic E-state index is -0.399. The highest BCUT2D eigenvalue weighted by Gasteiger charge is 2.08. The molecular formula is C19H22N2O3S. The van der Waals surface area contributed by atoms with E-state index < -0.39 is 5.97 Å². The quantitative estimate of drug-likeness (QED) is 0.554. The van der Waals surface area contributed by atoms with Gasteiger partial charge in [0.1, 0.15) is 0 Å². The summed E-state index contributed by atoms with van der Waals surface area (Å²) in [6.07, 6.45) is 0. The van der Waals surface area contributed by atoms with Crippen LogP contribution in [0.3, 0.4) is 0 Å². The Bertz CT molecular complexity index is 692. The van der Waals surface area contributed by atoms with Crippen LogP contribution in [-0.4, -0.2) is 30.9 Å². The molecule has 0 aliphatic carbocycles. The van der Waals surface area contributed by atoms with E-state index in [1.807, 2.05) is 18.2 Å². The summed E-state index contributed by atoms with van der Waals surface area (Å²) < 4.78 is 4.95. The highest BCUT2D eigenvalue weighted by Crippen LogP contribution is 2.12. The molecule has 0 aliphatic heterocycles. The Hall–Kier alpha value is -2.47. The van der Waals surface area contributed by atoms with Crippen LogP contribution in [0.5, 0.6) is 0 Å². The normalized spacial score (nSPS) is 10.1. The zero-order chi connectivity index (χ0) is 17.9. The second kappa shape index (κ2) is 10.4. The Kier molecular flexibility index (Phi) is 7.85. The van der Waals surface area contributed by atoms with Crippen molar-refractivity contribution in [3.63, 3.8) is 0 Å². The summed E-state index contributed by atoms with van der Waals surface area (Å²) in [5.41, 5.74) is 2.24. The summed E-state index contributed by atoms with van der Waals surface area (Å²) in [4.78, 5) is 23.6. The molecule has 2 N–H and O–H groups in total. The molecule has 132 valence electrons. The van der Waals surface area contributed by atoms with E-state index in [0.29, 0.717) is 24.4 Å². The molecule has 0 bridgehead atoms. The number of urea groups is 1. The molecule has 6 heteroatoms. The molecule has 0 fully saturated rings. The Morgan fingerprint density at radius 2 is 1.88 bits per heavy atom. The summed E-state index contributed by atoms with van der Waals surface area (Å²) in [7, 11) is 0. The molecule has 0 aromatic heterocycles. The van der Waals surface area contributed by atoms with E-state index in [4.69, 9.17) is 4.74 Å². The van der Waals surface area contributed by atoms with Crippen molar-refractivity contribution >= 4 is 29.4 Å². The minimum Gasteiger partial charge on any atom is -0.462 e. The largest absolute Gasteiger partial charge is 0.462 e. The number of hydrogen-bond donors (Lipinski definition) is 2. The number of esters is 1. The summed E-state index contributed by atoms with van der Waals surface area (Å²) in [5.74, 6) is 1.35. The van der Waals surface area contributed by atoms with Crippen molar-refractivity contribution in [1.29, 1.82) is 0 Å². The number of hydrogen-bond acceptors (Lipinski definition) is 4. The second-order valence-electron chi connectivity index (χ2n) is 5.22. The van der Waals surface area contributed by atoms with Crippen LogP contribution in [0.1, 0.15) is 22.8 Å². The lowest BCUT2D eigenvalue weighted by Crippen LogP contribution is -2.30. The average Bonchev–Trinajstić information content (AvgIpc) is 2.63. The molecule has 0 saturated heterocycles. The van der Waals surface area contributed by atoms with Gasteiger partial charge in [0, 0.05) is 23.7 Å². The van der Waals surface area contributed by atoms with Crippen molar-refractivity contribution < 1.29 is 14.3 Å². The number of anilines is 1. The Morgan fingerprint density at radius 1 is 1.08 bits per heavy atom. The molecule has 0 unspecified atom stereocenters. The third-order valence-electron chi connectivity index (χ3n) is 3.28. The van der Waals surface area contributed by atoms with Crippen molar-refractivity contribution in [2.75, 3.05) is 24.2 Å². The first-order chi connectivity index (χ1) is 12.2. The zero-order valence-corrected chi connectivity index (χ0v) is 15.0. The molecular weight excluding hydrogens is 336 g/mol. The number of nitrogens with one attached hydrogen (secondary N) is 2. The SMILES string of the molecule is CCOC(=O)c1cccc(NC(=O)NCCSCc2ccccc2)c1. The van der Waals surface area contributed by atoms with Crippen LogP contribution in [0.15, 0.2) is 54.6 Å². The Labute approximate surface area is 152 Å². The van der Waals surface area contributed by atoms with Gasteiger partial charge in [0.15, 0.2) is 0 Å². The number of thioether (sulfide) groups is 1. The van der Waals surface area contributed by atoms with Gasteiger partial charge in [-0.3, -0.25) is 0 Å². The molecule has 25 heavy (non-hydrogen) atoms. The van der Waals surface area contributed by atoms with Gasteiger partial charge in [-0.05, 0) is 30.7 Å². The number of carbonyl (C=O) groups excluding carboxylic acids is 2. The van der Waals surface area contributed by atoms with Crippen LogP contribution in [-0.2, 0) is 10.5 Å². The molecule has 0 spiro atoms. The van der Waals surface area contributed by atoms with Crippen molar-refractivity contribution in [2.24, 2.45) is 0 Å². The van der Waals surface area contributed by atoms with Gasteiger partial charge in [-0.15, -0.1) is 0 Å². The van der Waals surface area contributed by atoms with Crippen LogP contribution >= 0.6 is 11.8 Å². The fraction of sp³-hybridized carbons (Fsp3) is 0.263. The molecule has 5 nitrogen and oxygen atoms in total. The highest BCUT2D eigenvalue weighted by atomic mass is 32.2. The van der Waals surface area contributed by atoms with Gasteiger partial charge >= 0.3 is 12.0 Å². The molecule has 0 aliphatic rings. The topological polar surface area (TPSA) is 67.4 Å². The van der Waals surface area contributed by atoms with Crippen molar-refractivity contribution in [3.8, 4) is 0 Å². The Balaban J connectivity index is 1.69. The van der Waals surface area contributed by atoms with E-state index in [0.717, 1.165) is 11.5 Å². The smallest absolute Gasteiger partial charge is 0.338 e. The van der Waals surface area contributed by atoms with E-state index in [-0.39, 0.29) is 6.03 Å². The predicted octanol–water partition coefficient (Wildman–Crippen LogP) is 3.92. The van der Waals surface area contributed by atoms with Crippen molar-refractivity contribution in [3.05, 3.63) is 65.7 Å². The van der Waals surface area contributed by atoms with E-state index in [1.54, 1.807) is 43.0 Å². The number of ether oxygens (including phenoxy) is 1.